The Bertz CT molecular complexity index is 308. The second-order valence-corrected chi connectivity index (χ2v) is 5.17. The van der Waals surface area contributed by atoms with Gasteiger partial charge in [-0.15, -0.1) is 0 Å². The molecular weight excluding hydrogens is 801 g/mol. The summed E-state index contributed by atoms with van der Waals surface area (Å²) in [6, 6.07) is 0. The molecule has 0 atom stereocenters. The Balaban J connectivity index is -0.0000000284. The van der Waals surface area contributed by atoms with E-state index in [4.69, 9.17) is 57.4 Å². The zero-order chi connectivity index (χ0) is 18.0. The van der Waals surface area contributed by atoms with Gasteiger partial charge < -0.3 is 57.4 Å². The molecule has 0 fully saturated rings. The summed E-state index contributed by atoms with van der Waals surface area (Å²) >= 11 is 0. The van der Waals surface area contributed by atoms with Gasteiger partial charge in [0, 0.05) is 0 Å². The molecular formula is F4O12P4Rb2U. The van der Waals surface area contributed by atoms with E-state index in [0.29, 0.717) is 0 Å². The molecule has 0 rings (SSSR count). The second-order valence-electron chi connectivity index (χ2n) is 1.72. The van der Waals surface area contributed by atoms with Crippen LogP contribution in [0.15, 0.2) is 0 Å². The Morgan fingerprint density at radius 1 is 0.435 bits per heavy atom. The molecule has 0 unspecified atom stereocenters. The molecule has 0 saturated carbocycles. The quantitative estimate of drug-likeness (QED) is 0.164. The van der Waals surface area contributed by atoms with Gasteiger partial charge in [0.15, 0.2) is 0 Å². The standard InChI is InChI=1S/4FH2O3P.2Rb.U/c4*1-5(2,3)4;;;/h4*(H2,2,3,4);;;/q;;;;2*+1;+6/p-8. The predicted molar refractivity (Wildman–Crippen MR) is 34.9 cm³/mol. The van der Waals surface area contributed by atoms with Crippen LogP contribution in [0.4, 0.5) is 16.8 Å². The molecule has 0 saturated heterocycles. The number of hydrogen-bond donors (Lipinski definition) is 0. The molecule has 0 aromatic heterocycles. The molecule has 0 aromatic carbocycles. The van der Waals surface area contributed by atoms with Gasteiger partial charge in [0.1, 0.15) is 31.6 Å². The first-order chi connectivity index (χ1) is 8.00. The Morgan fingerprint density at radius 2 is 0.435 bits per heavy atom. The molecule has 0 aliphatic rings. The maximum atomic E-state index is 10.1. The van der Waals surface area contributed by atoms with E-state index in [0.717, 1.165) is 0 Å². The molecule has 23 heteroatoms. The van der Waals surface area contributed by atoms with Gasteiger partial charge in [-0.3, -0.25) is 0 Å². The molecule has 0 aromatic rings. The fourth-order valence-corrected chi connectivity index (χ4v) is 0. The van der Waals surface area contributed by atoms with Crippen LogP contribution < -0.4 is 156 Å². The number of rotatable bonds is 0. The summed E-state index contributed by atoms with van der Waals surface area (Å²) in [5.74, 6) is 0. The predicted octanol–water partition coefficient (Wildman–Crippen LogP) is -10.9. The van der Waals surface area contributed by atoms with Crippen molar-refractivity contribution < 1.29 is 222 Å². The van der Waals surface area contributed by atoms with Crippen molar-refractivity contribution in [1.82, 2.24) is 0 Å². The Morgan fingerprint density at radius 3 is 0.435 bits per heavy atom. The van der Waals surface area contributed by atoms with Crippen LogP contribution in [0, 0.1) is 31.1 Å². The minimum atomic E-state index is -5.64. The van der Waals surface area contributed by atoms with Crippen LogP contribution in [0.1, 0.15) is 0 Å². The second kappa shape index (κ2) is 21.7. The fraction of sp³-hybridized carbons (Fsp3) is 0. The zero-order valence-electron chi connectivity index (χ0n) is 10.7. The maximum Gasteiger partial charge on any atom is 6.00 e. The van der Waals surface area contributed by atoms with Crippen molar-refractivity contribution in [3.8, 4) is 0 Å². The molecule has 12 nitrogen and oxygen atoms in total. The third-order valence-corrected chi connectivity index (χ3v) is 0. The molecule has 0 radical (unpaired) electrons. The van der Waals surface area contributed by atoms with Crippen molar-refractivity contribution in [2.75, 3.05) is 0 Å². The zero-order valence-corrected chi connectivity index (χ0v) is 28.3. The monoisotopic (exact) mass is 800 g/mol. The van der Waals surface area contributed by atoms with Crippen LogP contribution in [-0.4, -0.2) is 0 Å². The van der Waals surface area contributed by atoms with Crippen LogP contribution in [-0.2, 0) is 18.3 Å². The summed E-state index contributed by atoms with van der Waals surface area (Å²) in [5, 5.41) is 0. The van der Waals surface area contributed by atoms with Gasteiger partial charge in [0.2, 0.25) is 0 Å². The van der Waals surface area contributed by atoms with Crippen molar-refractivity contribution in [3.63, 3.8) is 0 Å². The smallest absolute Gasteiger partial charge is 0.786 e. The molecule has 0 aliphatic heterocycles. The van der Waals surface area contributed by atoms with Crippen LogP contribution in [0.25, 0.3) is 0 Å². The van der Waals surface area contributed by atoms with Crippen LogP contribution in [0.3, 0.4) is 0 Å². The van der Waals surface area contributed by atoms with E-state index in [1.165, 1.54) is 0 Å². The molecule has 0 N–H and O–H groups in total. The first-order valence-corrected chi connectivity index (χ1v) is 8.60. The molecule has 0 spiro atoms. The van der Waals surface area contributed by atoms with Gasteiger partial charge in [-0.1, -0.05) is 0 Å². The summed E-state index contributed by atoms with van der Waals surface area (Å²) in [6.45, 7) is 0. The average Bonchev–Trinajstić information content (AvgIpc) is 1.62. The molecule has 0 aliphatic carbocycles. The maximum absolute atomic E-state index is 10.1. The SMILES string of the molecule is O=P([O-])([O-])F.O=P([O-])([O-])F.O=P([O-])([O-])F.O=P([O-])([O-])F.[Rb+].[Rb+].[U+6]. The van der Waals surface area contributed by atoms with Gasteiger partial charge in [-0.2, -0.15) is 0 Å². The van der Waals surface area contributed by atoms with Crippen molar-refractivity contribution >= 4 is 31.6 Å². The van der Waals surface area contributed by atoms with Gasteiger partial charge >= 0.3 is 147 Å². The van der Waals surface area contributed by atoms with E-state index >= 15 is 0 Å². The summed E-state index contributed by atoms with van der Waals surface area (Å²) in [4.78, 5) is 67.5. The summed E-state index contributed by atoms with van der Waals surface area (Å²) in [5.41, 5.74) is 0. The van der Waals surface area contributed by atoms with E-state index in [1.54, 1.807) is 0 Å². The summed E-state index contributed by atoms with van der Waals surface area (Å²) < 4.78 is 74.3. The van der Waals surface area contributed by atoms with E-state index < -0.39 is 31.6 Å². The Labute approximate surface area is 247 Å². The minimum absolute atomic E-state index is 0. The third-order valence-electron chi connectivity index (χ3n) is 0. The van der Waals surface area contributed by atoms with E-state index in [2.05, 4.69) is 0 Å². The molecule has 0 heterocycles. The molecule has 23 heavy (non-hydrogen) atoms. The largest absolute Gasteiger partial charge is 6.00 e. The minimum Gasteiger partial charge on any atom is -0.786 e. The summed E-state index contributed by atoms with van der Waals surface area (Å²) in [7, 11) is -22.6. The topological polar surface area (TPSA) is 253 Å². The van der Waals surface area contributed by atoms with E-state index in [1.807, 2.05) is 0 Å². The van der Waals surface area contributed by atoms with E-state index in [9.17, 15) is 16.8 Å². The molecule has 0 amide bonds. The van der Waals surface area contributed by atoms with Crippen molar-refractivity contribution in [2.45, 2.75) is 0 Å². The van der Waals surface area contributed by atoms with Gasteiger partial charge in [0.05, 0.1) is 0 Å². The van der Waals surface area contributed by atoms with Crippen molar-refractivity contribution in [3.05, 3.63) is 0 Å². The van der Waals surface area contributed by atoms with E-state index in [-0.39, 0.29) is 147 Å². The molecule has 126 valence electrons. The van der Waals surface area contributed by atoms with Gasteiger partial charge in [-0.05, 0) is 0 Å². The van der Waals surface area contributed by atoms with Crippen LogP contribution in [0.2, 0.25) is 0 Å². The third kappa shape index (κ3) is 678. The number of hydrogen-bond acceptors (Lipinski definition) is 12. The normalized spacial score (nSPS) is 10.3. The Hall–Kier alpha value is 4.98. The van der Waals surface area contributed by atoms with Gasteiger partial charge in [-0.25, -0.2) is 16.8 Å². The fourth-order valence-electron chi connectivity index (χ4n) is 0. The van der Waals surface area contributed by atoms with Crippen LogP contribution in [0.5, 0.6) is 0 Å². The first-order valence-electron chi connectivity index (χ1n) is 2.87. The Kier molecular flexibility index (Phi) is 43.6. The van der Waals surface area contributed by atoms with Crippen LogP contribution >= 0.6 is 31.6 Å². The summed E-state index contributed by atoms with van der Waals surface area (Å²) in [6.07, 6.45) is 0. The van der Waals surface area contributed by atoms with Crippen molar-refractivity contribution in [2.24, 2.45) is 0 Å². The van der Waals surface area contributed by atoms with Crippen molar-refractivity contribution in [1.29, 1.82) is 0 Å². The van der Waals surface area contributed by atoms with Gasteiger partial charge in [0.25, 0.3) is 0 Å². The number of halogens is 4. The first kappa shape index (κ1) is 46.3. The average molecular weight is 801 g/mol. The molecule has 0 bridgehead atoms.